The Morgan fingerprint density at radius 1 is 1.00 bits per heavy atom. The van der Waals surface area contributed by atoms with Gasteiger partial charge in [-0.25, -0.2) is 18.1 Å². The molecule has 0 saturated carbocycles. The minimum atomic E-state index is -3.59. The van der Waals surface area contributed by atoms with Gasteiger partial charge >= 0.3 is 0 Å². The highest BCUT2D eigenvalue weighted by molar-refractivity contribution is 7.89. The Balaban J connectivity index is 1.63. The number of nitrogens with zero attached hydrogens (tertiary/aromatic N) is 2. The van der Waals surface area contributed by atoms with Crippen molar-refractivity contribution in [1.82, 2.24) is 9.29 Å². The first kappa shape index (κ1) is 19.8. The van der Waals surface area contributed by atoms with Crippen LogP contribution in [0.2, 0.25) is 0 Å². The van der Waals surface area contributed by atoms with Gasteiger partial charge in [0.25, 0.3) is 0 Å². The summed E-state index contributed by atoms with van der Waals surface area (Å²) in [6.07, 6.45) is 0. The van der Waals surface area contributed by atoms with E-state index in [0.717, 1.165) is 26.6 Å². The van der Waals surface area contributed by atoms with Crippen LogP contribution in [0.4, 0.5) is 5.69 Å². The van der Waals surface area contributed by atoms with Gasteiger partial charge in [-0.05, 0) is 35.7 Å². The number of benzene rings is 2. The molecule has 2 aromatic heterocycles. The number of aromatic nitrogens is 1. The van der Waals surface area contributed by atoms with E-state index in [1.807, 2.05) is 70.9 Å². The maximum atomic E-state index is 12.7. The second kappa shape index (κ2) is 8.46. The van der Waals surface area contributed by atoms with Gasteiger partial charge < -0.3 is 4.57 Å². The molecule has 1 N–H and O–H groups in total. The van der Waals surface area contributed by atoms with Crippen LogP contribution in [0.5, 0.6) is 0 Å². The number of hydrogen-bond donors (Lipinski definition) is 1. The van der Waals surface area contributed by atoms with Crippen molar-refractivity contribution in [2.24, 2.45) is 12.0 Å². The first-order valence-electron chi connectivity index (χ1n) is 8.90. The van der Waals surface area contributed by atoms with Gasteiger partial charge in [0.2, 0.25) is 10.0 Å². The monoisotopic (exact) mass is 441 g/mol. The van der Waals surface area contributed by atoms with Gasteiger partial charge in [0.15, 0.2) is 4.80 Å². The lowest BCUT2D eigenvalue weighted by molar-refractivity contribution is 0.582. The molecule has 8 heteroatoms. The molecule has 0 radical (unpaired) electrons. The lowest BCUT2D eigenvalue weighted by atomic mass is 10.2. The van der Waals surface area contributed by atoms with E-state index in [0.29, 0.717) is 0 Å². The summed E-state index contributed by atoms with van der Waals surface area (Å²) in [5, 5.41) is 3.92. The van der Waals surface area contributed by atoms with E-state index in [9.17, 15) is 8.42 Å². The van der Waals surface area contributed by atoms with Crippen LogP contribution in [-0.2, 0) is 23.6 Å². The van der Waals surface area contributed by atoms with Crippen LogP contribution < -0.4 is 9.52 Å². The van der Waals surface area contributed by atoms with Gasteiger partial charge in [0, 0.05) is 29.4 Å². The zero-order valence-corrected chi connectivity index (χ0v) is 18.1. The van der Waals surface area contributed by atoms with E-state index in [1.165, 1.54) is 22.7 Å². The Hall–Kier alpha value is -2.52. The molecular weight excluding hydrogens is 422 g/mol. The van der Waals surface area contributed by atoms with Crippen molar-refractivity contribution in [3.63, 3.8) is 0 Å². The summed E-state index contributed by atoms with van der Waals surface area (Å²) in [4.78, 5) is 6.73. The molecule has 0 saturated heterocycles. The number of hydrogen-bond acceptors (Lipinski definition) is 5. The zero-order valence-electron chi connectivity index (χ0n) is 15.6. The van der Waals surface area contributed by atoms with Crippen molar-refractivity contribution in [3.05, 3.63) is 87.2 Å². The third-order valence-corrected chi connectivity index (χ3v) is 7.55. The predicted octanol–water partition coefficient (Wildman–Crippen LogP) is 4.53. The van der Waals surface area contributed by atoms with Gasteiger partial charge in [-0.2, -0.15) is 0 Å². The Morgan fingerprint density at radius 3 is 2.59 bits per heavy atom. The molecule has 2 heterocycles. The molecule has 0 fully saturated rings. The van der Waals surface area contributed by atoms with Gasteiger partial charge in [-0.1, -0.05) is 36.4 Å². The average molecular weight is 442 g/mol. The molecule has 0 aliphatic rings. The van der Waals surface area contributed by atoms with Gasteiger partial charge in [-0.3, -0.25) is 0 Å². The molecule has 0 atom stereocenters. The van der Waals surface area contributed by atoms with Crippen molar-refractivity contribution < 1.29 is 8.42 Å². The van der Waals surface area contributed by atoms with E-state index < -0.39 is 10.0 Å². The second-order valence-electron chi connectivity index (χ2n) is 6.34. The van der Waals surface area contributed by atoms with Crippen LogP contribution in [0.15, 0.2) is 87.4 Å². The fourth-order valence-electron chi connectivity index (χ4n) is 2.83. The molecule has 0 aliphatic heterocycles. The molecule has 5 nitrogen and oxygen atoms in total. The maximum absolute atomic E-state index is 12.7. The number of rotatable bonds is 6. The summed E-state index contributed by atoms with van der Waals surface area (Å²) in [6.45, 7) is 0.288. The first-order valence-corrected chi connectivity index (χ1v) is 12.1. The predicted molar refractivity (Wildman–Crippen MR) is 119 cm³/mol. The third kappa shape index (κ3) is 4.56. The summed E-state index contributed by atoms with van der Waals surface area (Å²) in [5.74, 6) is 0. The van der Waals surface area contributed by atoms with E-state index in [1.54, 1.807) is 18.2 Å². The minimum Gasteiger partial charge on any atom is -0.320 e. The Labute approximate surface area is 177 Å². The maximum Gasteiger partial charge on any atom is 0.240 e. The molecule has 148 valence electrons. The summed E-state index contributed by atoms with van der Waals surface area (Å²) in [7, 11) is -1.66. The molecule has 0 amide bonds. The third-order valence-electron chi connectivity index (χ3n) is 4.36. The zero-order chi connectivity index (χ0) is 20.3. The van der Waals surface area contributed by atoms with Gasteiger partial charge in [0.05, 0.1) is 16.3 Å². The smallest absolute Gasteiger partial charge is 0.240 e. The molecule has 0 bridgehead atoms. The first-order chi connectivity index (χ1) is 14.0. The van der Waals surface area contributed by atoms with Gasteiger partial charge in [0.1, 0.15) is 0 Å². The van der Waals surface area contributed by atoms with E-state index in [-0.39, 0.29) is 11.4 Å². The lowest BCUT2D eigenvalue weighted by Gasteiger charge is -2.08. The van der Waals surface area contributed by atoms with E-state index in [4.69, 9.17) is 0 Å². The lowest BCUT2D eigenvalue weighted by Crippen LogP contribution is -2.22. The summed E-state index contributed by atoms with van der Waals surface area (Å²) < 4.78 is 30.1. The second-order valence-corrected chi connectivity index (χ2v) is 9.98. The van der Waals surface area contributed by atoms with Crippen LogP contribution in [0.3, 0.4) is 0 Å². The largest absolute Gasteiger partial charge is 0.320 e. The SMILES string of the molecule is Cn1c(-c2cccc(S(=O)(=O)NCc3cccs3)c2)csc1=Nc1ccccc1. The van der Waals surface area contributed by atoms with Gasteiger partial charge in [-0.15, -0.1) is 22.7 Å². The number of sulfonamides is 1. The highest BCUT2D eigenvalue weighted by atomic mass is 32.2. The normalized spacial score (nSPS) is 12.4. The number of nitrogens with one attached hydrogen (secondary N) is 1. The average Bonchev–Trinajstić information content (AvgIpc) is 3.38. The van der Waals surface area contributed by atoms with Crippen LogP contribution in [-0.4, -0.2) is 13.0 Å². The molecule has 29 heavy (non-hydrogen) atoms. The van der Waals surface area contributed by atoms with Crippen LogP contribution in [0, 0.1) is 0 Å². The van der Waals surface area contributed by atoms with Crippen LogP contribution >= 0.6 is 22.7 Å². The van der Waals surface area contributed by atoms with Crippen molar-refractivity contribution in [1.29, 1.82) is 0 Å². The van der Waals surface area contributed by atoms with E-state index in [2.05, 4.69) is 9.71 Å². The van der Waals surface area contributed by atoms with E-state index >= 15 is 0 Å². The quantitative estimate of drug-likeness (QED) is 0.478. The van der Waals surface area contributed by atoms with Crippen molar-refractivity contribution in [3.8, 4) is 11.3 Å². The van der Waals surface area contributed by atoms with Crippen molar-refractivity contribution in [2.75, 3.05) is 0 Å². The van der Waals surface area contributed by atoms with Crippen molar-refractivity contribution in [2.45, 2.75) is 11.4 Å². The Kier molecular flexibility index (Phi) is 5.77. The topological polar surface area (TPSA) is 63.5 Å². The fraction of sp³-hybridized carbons (Fsp3) is 0.0952. The standard InChI is InChI=1S/C21H19N3O2S3/c1-24-20(15-28-21(24)23-17-8-3-2-4-9-17)16-7-5-11-19(13-16)29(25,26)22-14-18-10-6-12-27-18/h2-13,15,22H,14H2,1H3. The Morgan fingerprint density at radius 2 is 1.83 bits per heavy atom. The number of para-hydroxylation sites is 1. The number of thiazole rings is 1. The molecule has 0 spiro atoms. The molecule has 4 rings (SSSR count). The van der Waals surface area contributed by atoms with Crippen LogP contribution in [0.25, 0.3) is 11.3 Å². The van der Waals surface area contributed by atoms with Crippen LogP contribution in [0.1, 0.15) is 4.88 Å². The number of thiophene rings is 1. The highest BCUT2D eigenvalue weighted by Crippen LogP contribution is 2.23. The molecule has 0 aliphatic carbocycles. The minimum absolute atomic E-state index is 0.249. The summed E-state index contributed by atoms with van der Waals surface area (Å²) in [6, 6.07) is 20.6. The molecule has 2 aromatic carbocycles. The molecular formula is C21H19N3O2S3. The molecule has 4 aromatic rings. The summed E-state index contributed by atoms with van der Waals surface area (Å²) >= 11 is 3.05. The van der Waals surface area contributed by atoms with Crippen molar-refractivity contribution >= 4 is 38.4 Å². The Bertz CT molecular complexity index is 1270. The fourth-order valence-corrected chi connectivity index (χ4v) is 5.54. The highest BCUT2D eigenvalue weighted by Gasteiger charge is 2.16. The molecule has 0 unspecified atom stereocenters. The summed E-state index contributed by atoms with van der Waals surface area (Å²) in [5.41, 5.74) is 2.63.